The number of nitrogens with zero attached hydrogens (tertiary/aromatic N) is 1. The third-order valence-electron chi connectivity index (χ3n) is 4.51. The predicted octanol–water partition coefficient (Wildman–Crippen LogP) is 3.55. The summed E-state index contributed by atoms with van der Waals surface area (Å²) in [6.45, 7) is 3.58. The van der Waals surface area contributed by atoms with E-state index in [0.29, 0.717) is 12.5 Å². The summed E-state index contributed by atoms with van der Waals surface area (Å²) in [5, 5.41) is 5.56. The van der Waals surface area contributed by atoms with Crippen LogP contribution in [0.3, 0.4) is 0 Å². The molecule has 1 aliphatic heterocycles. The first-order valence-corrected chi connectivity index (χ1v) is 11.1. The SMILES string of the molecule is O=S(=O)(C=Cc1ccccc1)NCC1CCN(Cc2ccsc2)CC1. The van der Waals surface area contributed by atoms with Crippen LogP contribution < -0.4 is 4.72 Å². The van der Waals surface area contributed by atoms with Crippen molar-refractivity contribution in [2.45, 2.75) is 19.4 Å². The summed E-state index contributed by atoms with van der Waals surface area (Å²) in [7, 11) is -3.38. The fraction of sp³-hybridized carbons (Fsp3) is 0.368. The second kappa shape index (κ2) is 8.76. The molecule has 1 fully saturated rings. The topological polar surface area (TPSA) is 49.4 Å². The van der Waals surface area contributed by atoms with E-state index in [2.05, 4.69) is 26.4 Å². The Morgan fingerprint density at radius 3 is 2.60 bits per heavy atom. The van der Waals surface area contributed by atoms with Crippen molar-refractivity contribution in [1.29, 1.82) is 0 Å². The first-order valence-electron chi connectivity index (χ1n) is 8.57. The molecule has 4 nitrogen and oxygen atoms in total. The largest absolute Gasteiger partial charge is 0.299 e. The summed E-state index contributed by atoms with van der Waals surface area (Å²) in [4.78, 5) is 2.45. The Kier molecular flexibility index (Phi) is 6.42. The summed E-state index contributed by atoms with van der Waals surface area (Å²) in [6.07, 6.45) is 3.70. The molecule has 0 atom stereocenters. The van der Waals surface area contributed by atoms with Gasteiger partial charge in [-0.15, -0.1) is 0 Å². The van der Waals surface area contributed by atoms with Crippen molar-refractivity contribution in [3.8, 4) is 0 Å². The van der Waals surface area contributed by atoms with Crippen molar-refractivity contribution < 1.29 is 8.42 Å². The van der Waals surface area contributed by atoms with E-state index in [1.54, 1.807) is 17.4 Å². The third-order valence-corrected chi connectivity index (χ3v) is 6.30. The molecular formula is C19H24N2O2S2. The van der Waals surface area contributed by atoms with Crippen molar-refractivity contribution in [2.24, 2.45) is 5.92 Å². The van der Waals surface area contributed by atoms with Gasteiger partial charge in [-0.25, -0.2) is 13.1 Å². The molecule has 2 aromatic rings. The van der Waals surface area contributed by atoms with Gasteiger partial charge in [0.15, 0.2) is 0 Å². The molecule has 0 amide bonds. The molecule has 1 N–H and O–H groups in total. The highest BCUT2D eigenvalue weighted by Gasteiger charge is 2.20. The maximum atomic E-state index is 12.1. The molecule has 1 aromatic carbocycles. The molecular weight excluding hydrogens is 352 g/mol. The fourth-order valence-corrected chi connectivity index (χ4v) is 4.56. The first kappa shape index (κ1) is 18.3. The summed E-state index contributed by atoms with van der Waals surface area (Å²) in [5.74, 6) is 0.415. The minimum absolute atomic E-state index is 0.415. The van der Waals surface area contributed by atoms with Crippen LogP contribution >= 0.6 is 11.3 Å². The molecule has 0 saturated carbocycles. The Morgan fingerprint density at radius 1 is 1.16 bits per heavy atom. The second-order valence-corrected chi connectivity index (χ2v) is 8.89. The van der Waals surface area contributed by atoms with E-state index < -0.39 is 10.0 Å². The quantitative estimate of drug-likeness (QED) is 0.804. The third kappa shape index (κ3) is 6.08. The Balaban J connectivity index is 1.42. The molecule has 0 spiro atoms. The lowest BCUT2D eigenvalue weighted by Gasteiger charge is -2.31. The minimum atomic E-state index is -3.38. The molecule has 1 aliphatic rings. The number of hydrogen-bond acceptors (Lipinski definition) is 4. The molecule has 1 aromatic heterocycles. The van der Waals surface area contributed by atoms with E-state index >= 15 is 0 Å². The first-order chi connectivity index (χ1) is 12.1. The predicted molar refractivity (Wildman–Crippen MR) is 105 cm³/mol. The van der Waals surface area contributed by atoms with Crippen LogP contribution in [-0.2, 0) is 16.6 Å². The zero-order chi connectivity index (χ0) is 17.5. The summed E-state index contributed by atoms with van der Waals surface area (Å²) >= 11 is 1.73. The van der Waals surface area contributed by atoms with Gasteiger partial charge in [0.05, 0.1) is 0 Å². The zero-order valence-electron chi connectivity index (χ0n) is 14.2. The lowest BCUT2D eigenvalue weighted by Crippen LogP contribution is -2.37. The monoisotopic (exact) mass is 376 g/mol. The van der Waals surface area contributed by atoms with Crippen LogP contribution in [0.4, 0.5) is 0 Å². The van der Waals surface area contributed by atoms with Gasteiger partial charge in [0, 0.05) is 18.5 Å². The second-order valence-electron chi connectivity index (χ2n) is 6.46. The van der Waals surface area contributed by atoms with Crippen molar-refractivity contribution in [3.63, 3.8) is 0 Å². The number of rotatable bonds is 7. The smallest absolute Gasteiger partial charge is 0.233 e. The Morgan fingerprint density at radius 2 is 1.92 bits per heavy atom. The number of thiophene rings is 1. The molecule has 2 heterocycles. The molecule has 25 heavy (non-hydrogen) atoms. The van der Waals surface area contributed by atoms with Gasteiger partial charge in [-0.05, 0) is 65.9 Å². The van der Waals surface area contributed by atoms with Gasteiger partial charge in [0.1, 0.15) is 0 Å². The van der Waals surface area contributed by atoms with Gasteiger partial charge < -0.3 is 0 Å². The van der Waals surface area contributed by atoms with Crippen molar-refractivity contribution >= 4 is 27.4 Å². The van der Waals surface area contributed by atoms with Crippen LogP contribution in [0.1, 0.15) is 24.0 Å². The Labute approximate surface area is 154 Å². The molecule has 134 valence electrons. The van der Waals surface area contributed by atoms with Crippen LogP contribution in [0.5, 0.6) is 0 Å². The lowest BCUT2D eigenvalue weighted by atomic mass is 9.97. The van der Waals surface area contributed by atoms with Gasteiger partial charge in [0.2, 0.25) is 10.0 Å². The lowest BCUT2D eigenvalue weighted by molar-refractivity contribution is 0.179. The van der Waals surface area contributed by atoms with E-state index in [1.807, 2.05) is 30.3 Å². The molecule has 0 unspecified atom stereocenters. The fourth-order valence-electron chi connectivity index (χ4n) is 3.00. The molecule has 0 radical (unpaired) electrons. The average molecular weight is 377 g/mol. The van der Waals surface area contributed by atoms with Gasteiger partial charge in [-0.1, -0.05) is 30.3 Å². The van der Waals surface area contributed by atoms with Gasteiger partial charge in [-0.3, -0.25) is 4.90 Å². The minimum Gasteiger partial charge on any atom is -0.299 e. The van der Waals surface area contributed by atoms with E-state index in [4.69, 9.17) is 0 Å². The van der Waals surface area contributed by atoms with Gasteiger partial charge in [0.25, 0.3) is 0 Å². The molecule has 0 bridgehead atoms. The number of sulfonamides is 1. The van der Waals surface area contributed by atoms with Crippen LogP contribution in [0.25, 0.3) is 6.08 Å². The Hall–Kier alpha value is -1.47. The van der Waals surface area contributed by atoms with E-state index in [-0.39, 0.29) is 0 Å². The van der Waals surface area contributed by atoms with Gasteiger partial charge >= 0.3 is 0 Å². The van der Waals surface area contributed by atoms with Crippen LogP contribution in [-0.4, -0.2) is 33.0 Å². The summed E-state index contributed by atoms with van der Waals surface area (Å²) < 4.78 is 27.0. The number of nitrogens with one attached hydrogen (secondary N) is 1. The van der Waals surface area contributed by atoms with Crippen LogP contribution in [0, 0.1) is 5.92 Å². The Bertz CT molecular complexity index is 763. The molecule has 3 rings (SSSR count). The summed E-state index contributed by atoms with van der Waals surface area (Å²) in [5.41, 5.74) is 2.25. The van der Waals surface area contributed by atoms with Crippen LogP contribution in [0.2, 0.25) is 0 Å². The van der Waals surface area contributed by atoms with Crippen molar-refractivity contribution in [3.05, 3.63) is 63.7 Å². The average Bonchev–Trinajstić information content (AvgIpc) is 3.14. The van der Waals surface area contributed by atoms with Gasteiger partial charge in [-0.2, -0.15) is 11.3 Å². The van der Waals surface area contributed by atoms with E-state index in [0.717, 1.165) is 38.0 Å². The normalized spacial score (nSPS) is 17.3. The summed E-state index contributed by atoms with van der Waals surface area (Å²) in [6, 6.07) is 11.6. The zero-order valence-corrected chi connectivity index (χ0v) is 15.8. The van der Waals surface area contributed by atoms with Crippen molar-refractivity contribution in [2.75, 3.05) is 19.6 Å². The van der Waals surface area contributed by atoms with E-state index in [1.165, 1.54) is 11.0 Å². The maximum absolute atomic E-state index is 12.1. The number of benzene rings is 1. The molecule has 0 aliphatic carbocycles. The molecule has 1 saturated heterocycles. The highest BCUT2D eigenvalue weighted by atomic mass is 32.2. The van der Waals surface area contributed by atoms with E-state index in [9.17, 15) is 8.42 Å². The molecule has 6 heteroatoms. The highest BCUT2D eigenvalue weighted by Crippen LogP contribution is 2.19. The van der Waals surface area contributed by atoms with Crippen LogP contribution in [0.15, 0.2) is 52.6 Å². The number of hydrogen-bond donors (Lipinski definition) is 1. The number of piperidine rings is 1. The highest BCUT2D eigenvalue weighted by molar-refractivity contribution is 7.92. The maximum Gasteiger partial charge on any atom is 0.233 e. The number of likely N-dealkylation sites (tertiary alicyclic amines) is 1. The standard InChI is InChI=1S/C19H24N2O2S2/c22-25(23,13-9-17-4-2-1-3-5-17)20-14-18-6-10-21(11-7-18)15-19-8-12-24-16-19/h1-5,8-9,12-13,16,18,20H,6-7,10-11,14-15H2. The van der Waals surface area contributed by atoms with Crippen molar-refractivity contribution in [1.82, 2.24) is 9.62 Å².